The molecule has 0 saturated carbocycles. The molecular formula is C24H25FN6OS2. The maximum Gasteiger partial charge on any atom is 0.192 e. The minimum absolute atomic E-state index is 0.0942. The fourth-order valence-corrected chi connectivity index (χ4v) is 6.39. The fourth-order valence-electron chi connectivity index (χ4n) is 4.16. The number of ether oxygens (including phenoxy) is 1. The Balaban J connectivity index is 1.33. The topological polar surface area (TPSA) is 91.7 Å². The van der Waals surface area contributed by atoms with Crippen LogP contribution in [0.4, 0.5) is 10.2 Å². The molecule has 4 aromatic rings. The van der Waals surface area contributed by atoms with Gasteiger partial charge in [0.05, 0.1) is 11.1 Å². The lowest BCUT2D eigenvalue weighted by atomic mass is 9.89. The molecule has 176 valence electrons. The lowest BCUT2D eigenvalue weighted by molar-refractivity contribution is 0.275. The van der Waals surface area contributed by atoms with Gasteiger partial charge in [0.1, 0.15) is 23.1 Å². The molecule has 1 unspecified atom stereocenters. The molecule has 3 aromatic heterocycles. The van der Waals surface area contributed by atoms with Crippen LogP contribution < -0.4 is 10.5 Å². The standard InChI is InChI=1S/C24H25FN6OS2/c1-3-10-31-20(12-32-17-7-5-4-6-16(17)25)29-30-24(31)33-13-19-27-22(26)21-15-9-8-14(2)11-18(15)34-23(21)28-19/h3-7,14H,1,8-13H2,2H3,(H2,26,27,28). The zero-order chi connectivity index (χ0) is 23.7. The summed E-state index contributed by atoms with van der Waals surface area (Å²) in [5.74, 6) is 2.76. The number of anilines is 1. The number of allylic oxidation sites excluding steroid dienone is 1. The van der Waals surface area contributed by atoms with Crippen LogP contribution in [-0.2, 0) is 31.7 Å². The molecule has 1 aromatic carbocycles. The molecule has 0 fully saturated rings. The third kappa shape index (κ3) is 4.52. The first-order valence-electron chi connectivity index (χ1n) is 11.1. The van der Waals surface area contributed by atoms with Crippen LogP contribution in [0.15, 0.2) is 42.1 Å². The molecule has 3 heterocycles. The Kier molecular flexibility index (Phi) is 6.51. The fraction of sp³-hybridized carbons (Fsp3) is 0.333. The van der Waals surface area contributed by atoms with Crippen molar-refractivity contribution < 1.29 is 9.13 Å². The summed E-state index contributed by atoms with van der Waals surface area (Å²) < 4.78 is 21.4. The molecule has 5 rings (SSSR count). The molecule has 0 amide bonds. The van der Waals surface area contributed by atoms with Gasteiger partial charge in [-0.25, -0.2) is 14.4 Å². The number of benzene rings is 1. The van der Waals surface area contributed by atoms with Gasteiger partial charge in [-0.1, -0.05) is 36.9 Å². The smallest absolute Gasteiger partial charge is 0.192 e. The normalized spacial score (nSPS) is 15.4. The molecule has 1 aliphatic rings. The van der Waals surface area contributed by atoms with E-state index in [0.717, 1.165) is 23.1 Å². The highest BCUT2D eigenvalue weighted by molar-refractivity contribution is 7.98. The van der Waals surface area contributed by atoms with Crippen LogP contribution in [0.3, 0.4) is 0 Å². The van der Waals surface area contributed by atoms with Gasteiger partial charge in [-0.2, -0.15) is 0 Å². The quantitative estimate of drug-likeness (QED) is 0.265. The number of hydrogen-bond donors (Lipinski definition) is 1. The van der Waals surface area contributed by atoms with E-state index in [0.29, 0.717) is 40.8 Å². The number of rotatable bonds is 8. The highest BCUT2D eigenvalue weighted by Crippen LogP contribution is 2.39. The van der Waals surface area contributed by atoms with E-state index in [-0.39, 0.29) is 12.4 Å². The Labute approximate surface area is 205 Å². The molecule has 0 radical (unpaired) electrons. The summed E-state index contributed by atoms with van der Waals surface area (Å²) in [6.07, 6.45) is 5.07. The molecule has 0 aliphatic heterocycles. The summed E-state index contributed by atoms with van der Waals surface area (Å²) in [5.41, 5.74) is 7.70. The zero-order valence-corrected chi connectivity index (χ0v) is 20.5. The Hall–Kier alpha value is -2.98. The summed E-state index contributed by atoms with van der Waals surface area (Å²) in [6.45, 7) is 6.71. The van der Waals surface area contributed by atoms with Crippen LogP contribution >= 0.6 is 23.1 Å². The number of halogens is 1. The minimum atomic E-state index is -0.415. The van der Waals surface area contributed by atoms with Crippen molar-refractivity contribution in [2.24, 2.45) is 5.92 Å². The van der Waals surface area contributed by atoms with E-state index in [2.05, 4.69) is 28.7 Å². The highest BCUT2D eigenvalue weighted by Gasteiger charge is 2.23. The average molecular weight is 497 g/mol. The van der Waals surface area contributed by atoms with E-state index in [4.69, 9.17) is 15.5 Å². The number of aromatic nitrogens is 5. The van der Waals surface area contributed by atoms with Gasteiger partial charge in [-0.3, -0.25) is 4.57 Å². The molecule has 10 heteroatoms. The zero-order valence-electron chi connectivity index (χ0n) is 18.8. The Morgan fingerprint density at radius 3 is 3.00 bits per heavy atom. The highest BCUT2D eigenvalue weighted by atomic mass is 32.2. The molecule has 0 spiro atoms. The van der Waals surface area contributed by atoms with Crippen molar-refractivity contribution in [1.82, 2.24) is 24.7 Å². The number of hydrogen-bond acceptors (Lipinski definition) is 8. The average Bonchev–Trinajstić information content (AvgIpc) is 3.37. The number of thiophene rings is 1. The van der Waals surface area contributed by atoms with Crippen molar-refractivity contribution in [3.8, 4) is 5.75 Å². The second kappa shape index (κ2) is 9.71. The molecule has 0 saturated heterocycles. The van der Waals surface area contributed by atoms with Gasteiger partial charge in [0.25, 0.3) is 0 Å². The van der Waals surface area contributed by atoms with Gasteiger partial charge < -0.3 is 10.5 Å². The second-order valence-electron chi connectivity index (χ2n) is 8.36. The molecular weight excluding hydrogens is 471 g/mol. The van der Waals surface area contributed by atoms with E-state index in [1.807, 2.05) is 4.57 Å². The Morgan fingerprint density at radius 2 is 2.18 bits per heavy atom. The molecule has 1 atom stereocenters. The molecule has 7 nitrogen and oxygen atoms in total. The Morgan fingerprint density at radius 1 is 1.32 bits per heavy atom. The van der Waals surface area contributed by atoms with Crippen molar-refractivity contribution in [3.05, 3.63) is 64.8 Å². The van der Waals surface area contributed by atoms with Crippen molar-refractivity contribution in [2.45, 2.75) is 50.2 Å². The summed E-state index contributed by atoms with van der Waals surface area (Å²) in [6, 6.07) is 6.29. The molecule has 34 heavy (non-hydrogen) atoms. The van der Waals surface area contributed by atoms with Gasteiger partial charge in [-0.15, -0.1) is 28.1 Å². The van der Waals surface area contributed by atoms with Gasteiger partial charge >= 0.3 is 0 Å². The lowest BCUT2D eigenvalue weighted by Gasteiger charge is -2.17. The maximum atomic E-state index is 13.9. The molecule has 0 bridgehead atoms. The monoisotopic (exact) mass is 496 g/mol. The van der Waals surface area contributed by atoms with Crippen molar-refractivity contribution >= 4 is 39.1 Å². The summed E-state index contributed by atoms with van der Waals surface area (Å²) >= 11 is 3.21. The number of thioether (sulfide) groups is 1. The third-order valence-electron chi connectivity index (χ3n) is 5.86. The van der Waals surface area contributed by atoms with E-state index >= 15 is 0 Å². The van der Waals surface area contributed by atoms with Crippen LogP contribution in [0.1, 0.15) is 35.4 Å². The SMILES string of the molecule is C=CCn1c(COc2ccccc2F)nnc1SCc1nc(N)c2c3c(sc2n1)CC(C)CC3. The summed E-state index contributed by atoms with van der Waals surface area (Å²) in [4.78, 5) is 11.8. The Bertz CT molecular complexity index is 1350. The molecule has 1 aliphatic carbocycles. The van der Waals surface area contributed by atoms with Gasteiger partial charge in [0, 0.05) is 11.4 Å². The third-order valence-corrected chi connectivity index (χ3v) is 7.97. The van der Waals surface area contributed by atoms with Gasteiger partial charge in [0.15, 0.2) is 22.5 Å². The van der Waals surface area contributed by atoms with Crippen LogP contribution in [0.25, 0.3) is 10.2 Å². The van der Waals surface area contributed by atoms with Crippen molar-refractivity contribution in [3.63, 3.8) is 0 Å². The van der Waals surface area contributed by atoms with Gasteiger partial charge in [-0.05, 0) is 42.9 Å². The summed E-state index contributed by atoms with van der Waals surface area (Å²) in [7, 11) is 0. The maximum absolute atomic E-state index is 13.9. The first kappa shape index (κ1) is 22.8. The predicted octanol–water partition coefficient (Wildman–Crippen LogP) is 5.19. The largest absolute Gasteiger partial charge is 0.483 e. The minimum Gasteiger partial charge on any atom is -0.483 e. The first-order valence-corrected chi connectivity index (χ1v) is 12.9. The van der Waals surface area contributed by atoms with E-state index in [1.54, 1.807) is 35.6 Å². The number of para-hydroxylation sites is 1. The van der Waals surface area contributed by atoms with E-state index < -0.39 is 5.82 Å². The van der Waals surface area contributed by atoms with Crippen molar-refractivity contribution in [1.29, 1.82) is 0 Å². The van der Waals surface area contributed by atoms with E-state index in [9.17, 15) is 4.39 Å². The number of nitrogens with two attached hydrogens (primary N) is 1. The van der Waals surface area contributed by atoms with Crippen molar-refractivity contribution in [2.75, 3.05) is 5.73 Å². The number of aryl methyl sites for hydroxylation is 1. The van der Waals surface area contributed by atoms with E-state index in [1.165, 1.54) is 34.7 Å². The molecule has 2 N–H and O–H groups in total. The summed E-state index contributed by atoms with van der Waals surface area (Å²) in [5, 5.41) is 10.3. The van der Waals surface area contributed by atoms with Gasteiger partial charge in [0.2, 0.25) is 0 Å². The van der Waals surface area contributed by atoms with Crippen LogP contribution in [0.2, 0.25) is 0 Å². The number of fused-ring (bicyclic) bond motifs is 3. The number of nitrogen functional groups attached to an aromatic ring is 1. The van der Waals surface area contributed by atoms with Crippen LogP contribution in [-0.4, -0.2) is 24.7 Å². The second-order valence-corrected chi connectivity index (χ2v) is 10.4. The lowest BCUT2D eigenvalue weighted by Crippen LogP contribution is -2.09. The van der Waals surface area contributed by atoms with Crippen LogP contribution in [0, 0.1) is 11.7 Å². The van der Waals surface area contributed by atoms with Crippen LogP contribution in [0.5, 0.6) is 5.75 Å². The first-order chi connectivity index (χ1) is 16.5. The number of nitrogens with zero attached hydrogens (tertiary/aromatic N) is 5. The predicted molar refractivity (Wildman–Crippen MR) is 134 cm³/mol.